The van der Waals surface area contributed by atoms with Gasteiger partial charge in [-0.1, -0.05) is 42.8 Å². The molecular weight excluding hydrogens is 360 g/mol. The van der Waals surface area contributed by atoms with Crippen molar-refractivity contribution in [3.05, 3.63) is 48.6 Å². The molecule has 0 bridgehead atoms. The van der Waals surface area contributed by atoms with Gasteiger partial charge in [0.2, 0.25) is 0 Å². The van der Waals surface area contributed by atoms with Gasteiger partial charge in [0.15, 0.2) is 5.79 Å². The molecule has 0 aromatic heterocycles. The molecule has 2 aliphatic carbocycles. The molecule has 1 spiro atoms. The molecule has 154 valence electrons. The number of ether oxygens (including phenoxy) is 4. The summed E-state index contributed by atoms with van der Waals surface area (Å²) >= 11 is 0. The molecule has 6 nitrogen and oxygen atoms in total. The molecule has 3 fully saturated rings. The Morgan fingerprint density at radius 1 is 0.964 bits per heavy atom. The average Bonchev–Trinajstić information content (AvgIpc) is 3.07. The molecule has 2 saturated carbocycles. The number of hydrogen-bond acceptors (Lipinski definition) is 6. The lowest BCUT2D eigenvalue weighted by atomic mass is 9.84. The summed E-state index contributed by atoms with van der Waals surface area (Å²) in [6.07, 6.45) is 1.89. The molecule has 0 unspecified atom stereocenters. The van der Waals surface area contributed by atoms with Crippen LogP contribution < -0.4 is 0 Å². The summed E-state index contributed by atoms with van der Waals surface area (Å²) < 4.78 is 24.6. The molecule has 28 heavy (non-hydrogen) atoms. The topological polar surface area (TPSA) is 77.4 Å². The number of hydrogen-bond donors (Lipinski definition) is 2. The lowest BCUT2D eigenvalue weighted by Gasteiger charge is -2.42. The second-order valence-electron chi connectivity index (χ2n) is 7.97. The van der Waals surface area contributed by atoms with Gasteiger partial charge in [0.1, 0.15) is 36.6 Å². The largest absolute Gasteiger partial charge is 0.387 e. The highest BCUT2D eigenvalue weighted by atomic mass is 16.8. The monoisotopic (exact) mass is 390 g/mol. The molecule has 1 aliphatic heterocycles. The fourth-order valence-electron chi connectivity index (χ4n) is 4.60. The van der Waals surface area contributed by atoms with Gasteiger partial charge in [-0.3, -0.25) is 0 Å². The Morgan fingerprint density at radius 2 is 1.57 bits per heavy atom. The van der Waals surface area contributed by atoms with Crippen LogP contribution in [0.15, 0.2) is 43.0 Å². The van der Waals surface area contributed by atoms with E-state index in [-0.39, 0.29) is 6.61 Å². The van der Waals surface area contributed by atoms with Crippen molar-refractivity contribution >= 4 is 0 Å². The first kappa shape index (κ1) is 20.0. The zero-order valence-electron chi connectivity index (χ0n) is 16.1. The molecule has 4 rings (SSSR count). The average molecular weight is 390 g/mol. The Balaban J connectivity index is 1.55. The van der Waals surface area contributed by atoms with Crippen LogP contribution in [0.5, 0.6) is 0 Å². The van der Waals surface area contributed by atoms with Crippen LogP contribution in [0.4, 0.5) is 0 Å². The number of benzene rings is 1. The summed E-state index contributed by atoms with van der Waals surface area (Å²) in [7, 11) is 0. The van der Waals surface area contributed by atoms with E-state index >= 15 is 0 Å². The molecule has 1 heterocycles. The minimum absolute atomic E-state index is 0.267. The highest BCUT2D eigenvalue weighted by Crippen LogP contribution is 2.46. The smallest absolute Gasteiger partial charge is 0.169 e. The van der Waals surface area contributed by atoms with Crippen LogP contribution in [0.2, 0.25) is 0 Å². The van der Waals surface area contributed by atoms with Crippen LogP contribution >= 0.6 is 0 Å². The zero-order chi connectivity index (χ0) is 19.6. The van der Waals surface area contributed by atoms with Crippen LogP contribution in [-0.4, -0.2) is 59.2 Å². The highest BCUT2D eigenvalue weighted by molar-refractivity contribution is 5.14. The van der Waals surface area contributed by atoms with Crippen LogP contribution in [-0.2, 0) is 25.6 Å². The van der Waals surface area contributed by atoms with Crippen molar-refractivity contribution in [1.82, 2.24) is 0 Å². The summed E-state index contributed by atoms with van der Waals surface area (Å²) in [6.45, 7) is 4.26. The number of fused-ring (bicyclic) bond motifs is 1. The maximum Gasteiger partial charge on any atom is 0.169 e. The first-order valence-corrected chi connectivity index (χ1v) is 10.2. The molecule has 2 N–H and O–H groups in total. The third kappa shape index (κ3) is 3.90. The van der Waals surface area contributed by atoms with E-state index in [0.717, 1.165) is 31.2 Å². The molecule has 3 aliphatic rings. The van der Waals surface area contributed by atoms with Gasteiger partial charge >= 0.3 is 0 Å². The van der Waals surface area contributed by atoms with Crippen LogP contribution in [0.25, 0.3) is 0 Å². The lowest BCUT2D eigenvalue weighted by Crippen LogP contribution is -2.64. The van der Waals surface area contributed by atoms with E-state index in [9.17, 15) is 10.2 Å². The van der Waals surface area contributed by atoms with Crippen molar-refractivity contribution in [2.75, 3.05) is 6.61 Å². The molecule has 6 heteroatoms. The summed E-state index contributed by atoms with van der Waals surface area (Å²) in [5, 5.41) is 21.5. The van der Waals surface area contributed by atoms with Gasteiger partial charge in [-0.05, 0) is 18.4 Å². The van der Waals surface area contributed by atoms with Crippen molar-refractivity contribution in [3.8, 4) is 0 Å². The minimum atomic E-state index is -1.12. The molecule has 1 aromatic carbocycles. The van der Waals surface area contributed by atoms with E-state index < -0.39 is 42.4 Å². The normalized spacial score (nSPS) is 36.9. The zero-order valence-corrected chi connectivity index (χ0v) is 16.1. The number of aliphatic hydroxyl groups is 2. The Morgan fingerprint density at radius 3 is 2.18 bits per heavy atom. The van der Waals surface area contributed by atoms with Crippen molar-refractivity contribution in [2.24, 2.45) is 0 Å². The standard InChI is InChI=1S/C22H30O6/c1-2-13-25-18-16(23)17(24)19(26-14-15-9-5-3-6-10-15)21-20(18)27-22(28-21)11-7-4-8-12-22/h2-3,5-6,9-10,16-21,23-24H,1,4,7-8,11-14H2/t16-,17-,18+,19+,20+,21-/m0/s1. The molecular formula is C22H30O6. The van der Waals surface area contributed by atoms with E-state index in [1.54, 1.807) is 6.08 Å². The second-order valence-corrected chi connectivity index (χ2v) is 7.97. The van der Waals surface area contributed by atoms with E-state index in [4.69, 9.17) is 18.9 Å². The van der Waals surface area contributed by atoms with Gasteiger partial charge in [0, 0.05) is 12.8 Å². The Bertz CT molecular complexity index is 644. The summed E-state index contributed by atoms with van der Waals surface area (Å²) in [5.74, 6) is -0.665. The molecule has 1 aromatic rings. The van der Waals surface area contributed by atoms with Crippen molar-refractivity contribution in [3.63, 3.8) is 0 Å². The predicted molar refractivity (Wildman–Crippen MR) is 103 cm³/mol. The van der Waals surface area contributed by atoms with Crippen LogP contribution in [0.3, 0.4) is 0 Å². The first-order valence-electron chi connectivity index (χ1n) is 10.2. The maximum absolute atomic E-state index is 10.8. The van der Waals surface area contributed by atoms with Crippen molar-refractivity contribution < 1.29 is 29.2 Å². The number of aliphatic hydroxyl groups excluding tert-OH is 2. The molecule has 6 atom stereocenters. The van der Waals surface area contributed by atoms with E-state index in [2.05, 4.69) is 6.58 Å². The molecule has 1 saturated heterocycles. The summed E-state index contributed by atoms with van der Waals surface area (Å²) in [6, 6.07) is 9.76. The third-order valence-corrected chi connectivity index (χ3v) is 6.00. The first-order chi connectivity index (χ1) is 13.6. The van der Waals surface area contributed by atoms with Gasteiger partial charge in [-0.15, -0.1) is 6.58 Å². The third-order valence-electron chi connectivity index (χ3n) is 6.00. The van der Waals surface area contributed by atoms with E-state index in [0.29, 0.717) is 6.61 Å². The highest BCUT2D eigenvalue weighted by Gasteiger charge is 2.61. The van der Waals surface area contributed by atoms with Crippen molar-refractivity contribution in [2.45, 2.75) is 81.1 Å². The summed E-state index contributed by atoms with van der Waals surface area (Å²) in [5.41, 5.74) is 0.997. The van der Waals surface area contributed by atoms with Crippen molar-refractivity contribution in [1.29, 1.82) is 0 Å². The van der Waals surface area contributed by atoms with Crippen LogP contribution in [0, 0.1) is 0 Å². The fourth-order valence-corrected chi connectivity index (χ4v) is 4.60. The van der Waals surface area contributed by atoms with Gasteiger partial charge in [-0.2, -0.15) is 0 Å². The second kappa shape index (κ2) is 8.61. The maximum atomic E-state index is 10.8. The Kier molecular flexibility index (Phi) is 6.16. The molecule has 0 radical (unpaired) electrons. The predicted octanol–water partition coefficient (Wildman–Crippen LogP) is 2.32. The Labute approximate surface area is 166 Å². The summed E-state index contributed by atoms with van der Waals surface area (Å²) in [4.78, 5) is 0. The van der Waals surface area contributed by atoms with Gasteiger partial charge < -0.3 is 29.2 Å². The Hall–Kier alpha value is -1.28. The quantitative estimate of drug-likeness (QED) is 0.726. The van der Waals surface area contributed by atoms with E-state index in [1.165, 1.54) is 6.42 Å². The van der Waals surface area contributed by atoms with Gasteiger partial charge in [0.25, 0.3) is 0 Å². The van der Waals surface area contributed by atoms with E-state index in [1.807, 2.05) is 30.3 Å². The van der Waals surface area contributed by atoms with Gasteiger partial charge in [-0.25, -0.2) is 0 Å². The SMILES string of the molecule is C=CCO[C@@H]1[C@@H](O)[C@H](O)[C@@H](OCc2ccccc2)[C@@H]2OC3(CCCCC3)O[C@@H]21. The fraction of sp³-hybridized carbons (Fsp3) is 0.636. The van der Waals surface area contributed by atoms with Gasteiger partial charge in [0.05, 0.1) is 13.2 Å². The van der Waals surface area contributed by atoms with Crippen LogP contribution in [0.1, 0.15) is 37.7 Å². The minimum Gasteiger partial charge on any atom is -0.387 e. The molecule has 0 amide bonds. The lowest BCUT2D eigenvalue weighted by molar-refractivity contribution is -0.219. The number of rotatable bonds is 6.